The van der Waals surface area contributed by atoms with E-state index >= 15 is 0 Å². The van der Waals surface area contributed by atoms with Gasteiger partial charge in [0.05, 0.1) is 28.0 Å². The fourth-order valence-corrected chi connectivity index (χ4v) is 3.54. The van der Waals surface area contributed by atoms with E-state index in [0.717, 1.165) is 0 Å². The Bertz CT molecular complexity index is 1340. The second-order valence-electron chi connectivity index (χ2n) is 8.15. The van der Waals surface area contributed by atoms with Crippen molar-refractivity contribution in [3.63, 3.8) is 0 Å². The van der Waals surface area contributed by atoms with Gasteiger partial charge in [-0.15, -0.1) is 0 Å². The maximum Gasteiger partial charge on any atom is 0.514 e. The largest absolute Gasteiger partial charge is 0.514 e. The van der Waals surface area contributed by atoms with E-state index in [1.165, 1.54) is 18.2 Å². The number of non-ortho nitro benzene ring substituents is 1. The summed E-state index contributed by atoms with van der Waals surface area (Å²) < 4.78 is 26.6. The molecule has 0 saturated heterocycles. The first-order valence-electron chi connectivity index (χ1n) is 11.4. The number of aromatic nitrogens is 1. The lowest BCUT2D eigenvalue weighted by molar-refractivity contribution is -0.384. The molecule has 0 aliphatic carbocycles. The summed E-state index contributed by atoms with van der Waals surface area (Å²) >= 11 is 5.92. The summed E-state index contributed by atoms with van der Waals surface area (Å²) in [6.07, 6.45) is -2.58. The molecule has 0 saturated carbocycles. The number of halogens is 1. The van der Waals surface area contributed by atoms with Crippen molar-refractivity contribution in [3.05, 3.63) is 75.1 Å². The van der Waals surface area contributed by atoms with Crippen LogP contribution in [0, 0.1) is 24.0 Å². The molecular weight excluding hydrogens is 520 g/mol. The first-order chi connectivity index (χ1) is 18.0. The maximum absolute atomic E-state index is 12.6. The van der Waals surface area contributed by atoms with Gasteiger partial charge in [-0.2, -0.15) is 0 Å². The first-order valence-corrected chi connectivity index (χ1v) is 11.8. The first kappa shape index (κ1) is 28.2. The van der Waals surface area contributed by atoms with Crippen molar-refractivity contribution in [3.8, 4) is 28.4 Å². The van der Waals surface area contributed by atoms with Crippen LogP contribution in [0.4, 0.5) is 15.3 Å². The Balaban J connectivity index is 1.89. The Morgan fingerprint density at radius 2 is 1.63 bits per heavy atom. The fraction of sp³-hybridized carbons (Fsp3) is 0.269. The number of carbonyl (C=O) groups excluding carboxylic acids is 2. The van der Waals surface area contributed by atoms with Crippen LogP contribution in [0.5, 0.6) is 17.2 Å². The van der Waals surface area contributed by atoms with Crippen molar-refractivity contribution in [2.75, 3.05) is 13.2 Å². The molecule has 0 aliphatic heterocycles. The highest BCUT2D eigenvalue weighted by Crippen LogP contribution is 2.43. The van der Waals surface area contributed by atoms with Gasteiger partial charge in [0.25, 0.3) is 5.69 Å². The monoisotopic (exact) mass is 544 g/mol. The van der Waals surface area contributed by atoms with Gasteiger partial charge in [-0.3, -0.25) is 15.1 Å². The van der Waals surface area contributed by atoms with Crippen molar-refractivity contribution < 1.29 is 38.2 Å². The van der Waals surface area contributed by atoms with Crippen LogP contribution in [0.3, 0.4) is 0 Å². The standard InChI is InChI=1S/C26H25ClN2O9/c1-15(2)36-26(31)38-24-17(4)28-16(3)23(22(24)18-7-5-9-20(13-18)29(32)33)37-25(30)35-12-11-34-21-10-6-8-19(27)14-21/h5-10,13-15H,11-12H2,1-4H3. The highest BCUT2D eigenvalue weighted by molar-refractivity contribution is 6.30. The normalized spacial score (nSPS) is 10.6. The average Bonchev–Trinajstić information content (AvgIpc) is 2.84. The Morgan fingerprint density at radius 1 is 0.974 bits per heavy atom. The molecule has 0 aliphatic rings. The Morgan fingerprint density at radius 3 is 2.26 bits per heavy atom. The van der Waals surface area contributed by atoms with Crippen LogP contribution < -0.4 is 14.2 Å². The van der Waals surface area contributed by atoms with E-state index in [2.05, 4.69) is 4.98 Å². The van der Waals surface area contributed by atoms with E-state index in [1.807, 2.05) is 0 Å². The molecule has 1 aromatic heterocycles. The van der Waals surface area contributed by atoms with E-state index < -0.39 is 23.3 Å². The quantitative estimate of drug-likeness (QED) is 0.128. The molecule has 3 rings (SSSR count). The summed E-state index contributed by atoms with van der Waals surface area (Å²) in [6.45, 7) is 6.29. The van der Waals surface area contributed by atoms with Crippen LogP contribution in [0.2, 0.25) is 5.02 Å². The topological polar surface area (TPSA) is 136 Å². The predicted octanol–water partition coefficient (Wildman–Crippen LogP) is 6.45. The third kappa shape index (κ3) is 7.56. The molecule has 0 radical (unpaired) electrons. The molecule has 12 heteroatoms. The summed E-state index contributed by atoms with van der Waals surface area (Å²) in [6, 6.07) is 12.3. The molecule has 0 unspecified atom stereocenters. The number of benzene rings is 2. The van der Waals surface area contributed by atoms with Crippen LogP contribution in [-0.4, -0.2) is 41.5 Å². The van der Waals surface area contributed by atoms with E-state index in [1.54, 1.807) is 58.0 Å². The number of nitro groups is 1. The third-order valence-corrected chi connectivity index (χ3v) is 5.10. The third-order valence-electron chi connectivity index (χ3n) is 4.86. The zero-order valence-electron chi connectivity index (χ0n) is 21.1. The Labute approximate surface area is 223 Å². The van der Waals surface area contributed by atoms with Crippen LogP contribution in [-0.2, 0) is 9.47 Å². The average molecular weight is 545 g/mol. The van der Waals surface area contributed by atoms with Crippen molar-refractivity contribution >= 4 is 29.6 Å². The number of pyridine rings is 1. The van der Waals surface area contributed by atoms with Crippen LogP contribution in [0.1, 0.15) is 25.2 Å². The SMILES string of the molecule is Cc1nc(C)c(OC(=O)OC(C)C)c(-c2cccc([N+](=O)[O-])c2)c1OC(=O)OCCOc1cccc(Cl)c1. The lowest BCUT2D eigenvalue weighted by atomic mass is 10.0. The smallest absolute Gasteiger partial charge is 0.490 e. The molecule has 38 heavy (non-hydrogen) atoms. The molecule has 200 valence electrons. The summed E-state index contributed by atoms with van der Waals surface area (Å²) in [5.41, 5.74) is 0.622. The number of hydrogen-bond acceptors (Lipinski definition) is 10. The molecule has 2 aromatic carbocycles. The lowest BCUT2D eigenvalue weighted by Crippen LogP contribution is -2.19. The summed E-state index contributed by atoms with van der Waals surface area (Å²) in [5, 5.41) is 11.9. The van der Waals surface area contributed by atoms with E-state index in [-0.39, 0.29) is 52.9 Å². The van der Waals surface area contributed by atoms with Gasteiger partial charge in [-0.1, -0.05) is 29.8 Å². The van der Waals surface area contributed by atoms with Crippen LogP contribution >= 0.6 is 11.6 Å². The molecule has 0 atom stereocenters. The lowest BCUT2D eigenvalue weighted by Gasteiger charge is -2.18. The summed E-state index contributed by atoms with van der Waals surface area (Å²) in [4.78, 5) is 40.0. The summed E-state index contributed by atoms with van der Waals surface area (Å²) in [5.74, 6) is 0.300. The van der Waals surface area contributed by atoms with Crippen molar-refractivity contribution in [2.45, 2.75) is 33.8 Å². The van der Waals surface area contributed by atoms with Gasteiger partial charge in [-0.05, 0) is 51.5 Å². The molecule has 0 amide bonds. The van der Waals surface area contributed by atoms with Gasteiger partial charge in [0.1, 0.15) is 19.0 Å². The number of hydrogen-bond donors (Lipinski definition) is 0. The minimum atomic E-state index is -1.09. The van der Waals surface area contributed by atoms with E-state index in [9.17, 15) is 19.7 Å². The maximum atomic E-state index is 12.6. The fourth-order valence-electron chi connectivity index (χ4n) is 3.36. The van der Waals surface area contributed by atoms with E-state index in [0.29, 0.717) is 10.8 Å². The predicted molar refractivity (Wildman–Crippen MR) is 137 cm³/mol. The van der Waals surface area contributed by atoms with E-state index in [4.69, 9.17) is 35.3 Å². The zero-order chi connectivity index (χ0) is 27.8. The molecule has 0 N–H and O–H groups in total. The molecule has 0 spiro atoms. The van der Waals surface area contributed by atoms with Crippen LogP contribution in [0.25, 0.3) is 11.1 Å². The number of carbonyl (C=O) groups is 2. The van der Waals surface area contributed by atoms with Crippen LogP contribution in [0.15, 0.2) is 48.5 Å². The van der Waals surface area contributed by atoms with Gasteiger partial charge in [-0.25, -0.2) is 9.59 Å². The van der Waals surface area contributed by atoms with Crippen molar-refractivity contribution in [1.82, 2.24) is 4.98 Å². The second-order valence-corrected chi connectivity index (χ2v) is 8.58. The minimum absolute atomic E-state index is 0.0215. The zero-order valence-corrected chi connectivity index (χ0v) is 21.8. The second kappa shape index (κ2) is 12.7. The molecule has 11 nitrogen and oxygen atoms in total. The van der Waals surface area contributed by atoms with Gasteiger partial charge in [0.15, 0.2) is 11.5 Å². The number of aryl methyl sites for hydroxylation is 2. The number of ether oxygens (including phenoxy) is 5. The number of nitro benzene ring substituents is 1. The molecular formula is C26H25ClN2O9. The Kier molecular flexibility index (Phi) is 9.44. The van der Waals surface area contributed by atoms with Gasteiger partial charge < -0.3 is 23.7 Å². The molecule has 1 heterocycles. The molecule has 0 bridgehead atoms. The molecule has 3 aromatic rings. The summed E-state index contributed by atoms with van der Waals surface area (Å²) in [7, 11) is 0. The van der Waals surface area contributed by atoms with Gasteiger partial charge in [0.2, 0.25) is 0 Å². The molecule has 0 fully saturated rings. The van der Waals surface area contributed by atoms with Gasteiger partial charge in [0, 0.05) is 17.2 Å². The highest BCUT2D eigenvalue weighted by atomic mass is 35.5. The minimum Gasteiger partial charge on any atom is -0.490 e. The Hall–Kier alpha value is -4.38. The van der Waals surface area contributed by atoms with Gasteiger partial charge >= 0.3 is 12.3 Å². The highest BCUT2D eigenvalue weighted by Gasteiger charge is 2.26. The number of rotatable bonds is 9. The van der Waals surface area contributed by atoms with Crippen molar-refractivity contribution in [2.24, 2.45) is 0 Å². The van der Waals surface area contributed by atoms with Crippen molar-refractivity contribution in [1.29, 1.82) is 0 Å². The number of nitrogens with zero attached hydrogens (tertiary/aromatic N) is 2.